The number of unbranched alkanes of at least 4 members (excludes halogenated alkanes) is 13. The second kappa shape index (κ2) is 17.6. The number of rotatable bonds is 17. The number of aliphatic imine (C=N–C) groups is 1. The summed E-state index contributed by atoms with van der Waals surface area (Å²) in [5.74, 6) is 0. The number of hydrogen-bond donors (Lipinski definition) is 0. The van der Waals surface area contributed by atoms with Crippen molar-refractivity contribution in [1.82, 2.24) is 0 Å². The van der Waals surface area contributed by atoms with Crippen LogP contribution < -0.4 is 0 Å². The standard InChI is InChI=1S/C25H47N/c1-6-8-9-10-11-12-13-14-15-16-17-18-19-20-22-26-23-21-24(7-2)25(3,4)5/h7,21,23H,2,6,8-20,22H2,1,3-5H3/b24-21+,26-23?. The lowest BCUT2D eigenvalue weighted by molar-refractivity contribution is 0.518. The summed E-state index contributed by atoms with van der Waals surface area (Å²) in [7, 11) is 0. The summed E-state index contributed by atoms with van der Waals surface area (Å²) in [6.07, 6.45) is 25.7. The van der Waals surface area contributed by atoms with Gasteiger partial charge in [0.15, 0.2) is 0 Å². The van der Waals surface area contributed by atoms with Crippen molar-refractivity contribution in [3.8, 4) is 0 Å². The summed E-state index contributed by atoms with van der Waals surface area (Å²) >= 11 is 0. The molecule has 0 unspecified atom stereocenters. The van der Waals surface area contributed by atoms with Crippen LogP contribution in [0.25, 0.3) is 0 Å². The van der Waals surface area contributed by atoms with E-state index in [0.717, 1.165) is 6.54 Å². The Morgan fingerprint density at radius 1 is 0.731 bits per heavy atom. The largest absolute Gasteiger partial charge is 0.293 e. The predicted molar refractivity (Wildman–Crippen MR) is 121 cm³/mol. The summed E-state index contributed by atoms with van der Waals surface area (Å²) in [4.78, 5) is 4.52. The van der Waals surface area contributed by atoms with Crippen LogP contribution >= 0.6 is 0 Å². The van der Waals surface area contributed by atoms with E-state index in [1.54, 1.807) is 0 Å². The Kier molecular flexibility index (Phi) is 17.0. The Morgan fingerprint density at radius 2 is 1.15 bits per heavy atom. The van der Waals surface area contributed by atoms with Crippen LogP contribution in [0.4, 0.5) is 0 Å². The van der Waals surface area contributed by atoms with Crippen molar-refractivity contribution in [2.45, 2.75) is 118 Å². The van der Waals surface area contributed by atoms with Crippen LogP contribution in [0.5, 0.6) is 0 Å². The summed E-state index contributed by atoms with van der Waals surface area (Å²) in [6, 6.07) is 0. The third-order valence-corrected chi connectivity index (χ3v) is 5.09. The topological polar surface area (TPSA) is 12.4 Å². The fourth-order valence-electron chi connectivity index (χ4n) is 3.23. The van der Waals surface area contributed by atoms with Crippen molar-refractivity contribution < 1.29 is 0 Å². The van der Waals surface area contributed by atoms with Gasteiger partial charge in [0.2, 0.25) is 0 Å². The first-order chi connectivity index (χ1) is 12.5. The first kappa shape index (κ1) is 25.1. The van der Waals surface area contributed by atoms with Gasteiger partial charge >= 0.3 is 0 Å². The molecule has 1 heteroatoms. The fraction of sp³-hybridized carbons (Fsp3) is 0.800. The maximum atomic E-state index is 4.52. The first-order valence-corrected chi connectivity index (χ1v) is 11.4. The molecular formula is C25H47N. The minimum Gasteiger partial charge on any atom is -0.293 e. The zero-order chi connectivity index (χ0) is 19.5. The van der Waals surface area contributed by atoms with Crippen LogP contribution in [-0.4, -0.2) is 12.8 Å². The van der Waals surface area contributed by atoms with Gasteiger partial charge in [0.05, 0.1) is 0 Å². The Morgan fingerprint density at radius 3 is 1.54 bits per heavy atom. The number of hydrogen-bond acceptors (Lipinski definition) is 1. The molecule has 0 aromatic carbocycles. The molecule has 0 N–H and O–H groups in total. The summed E-state index contributed by atoms with van der Waals surface area (Å²) in [6.45, 7) is 13.8. The second-order valence-corrected chi connectivity index (χ2v) is 8.73. The van der Waals surface area contributed by atoms with E-state index in [2.05, 4.69) is 45.3 Å². The van der Waals surface area contributed by atoms with Crippen molar-refractivity contribution >= 4 is 6.21 Å². The molecule has 0 atom stereocenters. The van der Waals surface area contributed by atoms with E-state index in [9.17, 15) is 0 Å². The monoisotopic (exact) mass is 361 g/mol. The van der Waals surface area contributed by atoms with Crippen LogP contribution in [0.15, 0.2) is 29.3 Å². The van der Waals surface area contributed by atoms with Gasteiger partial charge in [-0.3, -0.25) is 4.99 Å². The molecular weight excluding hydrogens is 314 g/mol. The molecule has 0 spiro atoms. The predicted octanol–water partition coefficient (Wildman–Crippen LogP) is 8.70. The molecule has 0 aromatic heterocycles. The molecule has 0 aliphatic carbocycles. The van der Waals surface area contributed by atoms with Gasteiger partial charge in [-0.15, -0.1) is 0 Å². The zero-order valence-corrected chi connectivity index (χ0v) is 18.5. The minimum atomic E-state index is 0.156. The Hall–Kier alpha value is -0.850. The van der Waals surface area contributed by atoms with Gasteiger partial charge in [-0.1, -0.05) is 124 Å². The highest BCUT2D eigenvalue weighted by Crippen LogP contribution is 2.25. The van der Waals surface area contributed by atoms with E-state index in [4.69, 9.17) is 0 Å². The highest BCUT2D eigenvalue weighted by molar-refractivity contribution is 5.73. The van der Waals surface area contributed by atoms with E-state index in [0.29, 0.717) is 0 Å². The molecule has 152 valence electrons. The Bertz CT molecular complexity index is 370. The molecule has 0 aliphatic heterocycles. The molecule has 0 bridgehead atoms. The molecule has 0 saturated heterocycles. The van der Waals surface area contributed by atoms with Crippen LogP contribution in [0.3, 0.4) is 0 Å². The van der Waals surface area contributed by atoms with E-state index >= 15 is 0 Å². The molecule has 0 rings (SSSR count). The molecule has 0 radical (unpaired) electrons. The highest BCUT2D eigenvalue weighted by atomic mass is 14.7. The van der Waals surface area contributed by atoms with E-state index in [1.807, 2.05) is 12.3 Å². The fourth-order valence-corrected chi connectivity index (χ4v) is 3.23. The molecule has 0 aromatic rings. The summed E-state index contributed by atoms with van der Waals surface area (Å²) in [5, 5.41) is 0. The van der Waals surface area contributed by atoms with Crippen LogP contribution in [-0.2, 0) is 0 Å². The Balaban J connectivity index is 3.38. The molecule has 26 heavy (non-hydrogen) atoms. The maximum absolute atomic E-state index is 4.52. The van der Waals surface area contributed by atoms with Crippen LogP contribution in [0.1, 0.15) is 118 Å². The van der Waals surface area contributed by atoms with E-state index < -0.39 is 0 Å². The van der Waals surface area contributed by atoms with Gasteiger partial charge in [-0.05, 0) is 23.5 Å². The van der Waals surface area contributed by atoms with Crippen molar-refractivity contribution in [3.05, 3.63) is 24.3 Å². The van der Waals surface area contributed by atoms with Gasteiger partial charge in [0.25, 0.3) is 0 Å². The normalized spacial score (nSPS) is 12.8. The number of allylic oxidation sites excluding steroid dienone is 3. The molecule has 0 fully saturated rings. The third-order valence-electron chi connectivity index (χ3n) is 5.09. The van der Waals surface area contributed by atoms with Crippen LogP contribution in [0.2, 0.25) is 0 Å². The van der Waals surface area contributed by atoms with Gasteiger partial charge in [0.1, 0.15) is 0 Å². The lowest BCUT2D eigenvalue weighted by Gasteiger charge is -2.19. The minimum absolute atomic E-state index is 0.156. The molecule has 0 heterocycles. The molecule has 1 nitrogen and oxygen atoms in total. The molecule has 0 aliphatic rings. The molecule has 0 amide bonds. The van der Waals surface area contributed by atoms with Crippen molar-refractivity contribution in [2.75, 3.05) is 6.54 Å². The van der Waals surface area contributed by atoms with E-state index in [1.165, 1.54) is 95.5 Å². The molecule has 0 saturated carbocycles. The van der Waals surface area contributed by atoms with Gasteiger partial charge in [-0.25, -0.2) is 0 Å². The van der Waals surface area contributed by atoms with Crippen molar-refractivity contribution in [1.29, 1.82) is 0 Å². The third kappa shape index (κ3) is 16.6. The van der Waals surface area contributed by atoms with Crippen molar-refractivity contribution in [3.63, 3.8) is 0 Å². The van der Waals surface area contributed by atoms with Gasteiger partial charge in [0, 0.05) is 12.8 Å². The Labute approximate surface area is 165 Å². The van der Waals surface area contributed by atoms with Gasteiger partial charge in [-0.2, -0.15) is 0 Å². The van der Waals surface area contributed by atoms with Crippen molar-refractivity contribution in [2.24, 2.45) is 10.4 Å². The lowest BCUT2D eigenvalue weighted by atomic mass is 9.86. The second-order valence-electron chi connectivity index (χ2n) is 8.73. The maximum Gasteiger partial charge on any atom is 0.0389 e. The first-order valence-electron chi connectivity index (χ1n) is 11.4. The SMILES string of the molecule is C=C/C(=C\C=NCCCCCCCCCCCCCCCC)C(C)(C)C. The van der Waals surface area contributed by atoms with E-state index in [-0.39, 0.29) is 5.41 Å². The highest BCUT2D eigenvalue weighted by Gasteiger charge is 2.12. The zero-order valence-electron chi connectivity index (χ0n) is 18.5. The number of nitrogens with zero attached hydrogens (tertiary/aromatic N) is 1. The summed E-state index contributed by atoms with van der Waals surface area (Å²) < 4.78 is 0. The lowest BCUT2D eigenvalue weighted by Crippen LogP contribution is -2.07. The average Bonchev–Trinajstić information content (AvgIpc) is 2.59. The summed E-state index contributed by atoms with van der Waals surface area (Å²) in [5.41, 5.74) is 1.41. The van der Waals surface area contributed by atoms with Gasteiger partial charge < -0.3 is 0 Å². The smallest absolute Gasteiger partial charge is 0.0389 e. The average molecular weight is 362 g/mol. The van der Waals surface area contributed by atoms with Crippen LogP contribution in [0, 0.1) is 5.41 Å². The quantitative estimate of drug-likeness (QED) is 0.139.